The van der Waals surface area contributed by atoms with Gasteiger partial charge in [-0.2, -0.15) is 0 Å². The van der Waals surface area contributed by atoms with Crippen molar-refractivity contribution in [3.8, 4) is 0 Å². The van der Waals surface area contributed by atoms with Crippen LogP contribution in [-0.2, 0) is 4.79 Å². The molecule has 1 aromatic heterocycles. The first-order valence-electron chi connectivity index (χ1n) is 6.63. The Balaban J connectivity index is 1.71. The highest BCUT2D eigenvalue weighted by Gasteiger charge is 2.17. The van der Waals surface area contributed by atoms with Gasteiger partial charge in [-0.05, 0) is 19.1 Å². The SMILES string of the molecule is CC(C(=O)NCCN1CCNCC1)c1ccc(Cl)s1. The molecular formula is C13H20ClN3OS. The van der Waals surface area contributed by atoms with E-state index in [0.29, 0.717) is 6.54 Å². The molecule has 2 rings (SSSR count). The highest BCUT2D eigenvalue weighted by Crippen LogP contribution is 2.27. The Kier molecular flexibility index (Phi) is 5.63. The van der Waals surface area contributed by atoms with E-state index in [0.717, 1.165) is 41.9 Å². The Morgan fingerprint density at radius 2 is 2.26 bits per heavy atom. The summed E-state index contributed by atoms with van der Waals surface area (Å²) >= 11 is 7.36. The average molecular weight is 302 g/mol. The smallest absolute Gasteiger partial charge is 0.228 e. The van der Waals surface area contributed by atoms with Crippen molar-refractivity contribution in [1.29, 1.82) is 0 Å². The summed E-state index contributed by atoms with van der Waals surface area (Å²) in [6, 6.07) is 3.76. The van der Waals surface area contributed by atoms with Crippen molar-refractivity contribution in [2.45, 2.75) is 12.8 Å². The van der Waals surface area contributed by atoms with Crippen molar-refractivity contribution < 1.29 is 4.79 Å². The number of halogens is 1. The largest absolute Gasteiger partial charge is 0.354 e. The van der Waals surface area contributed by atoms with Crippen LogP contribution >= 0.6 is 22.9 Å². The van der Waals surface area contributed by atoms with Gasteiger partial charge in [0, 0.05) is 44.1 Å². The van der Waals surface area contributed by atoms with Crippen molar-refractivity contribution in [1.82, 2.24) is 15.5 Å². The van der Waals surface area contributed by atoms with E-state index in [-0.39, 0.29) is 11.8 Å². The van der Waals surface area contributed by atoms with Crippen molar-refractivity contribution in [2.75, 3.05) is 39.3 Å². The molecule has 19 heavy (non-hydrogen) atoms. The number of nitrogens with zero attached hydrogens (tertiary/aromatic N) is 1. The van der Waals surface area contributed by atoms with Crippen LogP contribution in [0, 0.1) is 0 Å². The van der Waals surface area contributed by atoms with Crippen LogP contribution in [-0.4, -0.2) is 50.1 Å². The second-order valence-electron chi connectivity index (χ2n) is 4.75. The number of carbonyl (C=O) groups is 1. The normalized spacial score (nSPS) is 18.2. The van der Waals surface area contributed by atoms with Crippen molar-refractivity contribution in [2.24, 2.45) is 0 Å². The molecule has 1 saturated heterocycles. The lowest BCUT2D eigenvalue weighted by atomic mass is 10.1. The molecule has 2 N–H and O–H groups in total. The van der Waals surface area contributed by atoms with Gasteiger partial charge in [0.15, 0.2) is 0 Å². The molecule has 0 aromatic carbocycles. The molecule has 0 radical (unpaired) electrons. The van der Waals surface area contributed by atoms with E-state index in [1.165, 1.54) is 11.3 Å². The van der Waals surface area contributed by atoms with Gasteiger partial charge in [-0.25, -0.2) is 0 Å². The summed E-state index contributed by atoms with van der Waals surface area (Å²) < 4.78 is 0.732. The van der Waals surface area contributed by atoms with Crippen LogP contribution in [0.3, 0.4) is 0 Å². The number of nitrogens with one attached hydrogen (secondary N) is 2. The quantitative estimate of drug-likeness (QED) is 0.867. The Labute approximate surface area is 123 Å². The molecule has 2 heterocycles. The maximum Gasteiger partial charge on any atom is 0.228 e. The minimum absolute atomic E-state index is 0.0775. The van der Waals surface area contributed by atoms with Crippen LogP contribution in [0.1, 0.15) is 17.7 Å². The average Bonchev–Trinajstić information content (AvgIpc) is 2.85. The van der Waals surface area contributed by atoms with E-state index in [4.69, 9.17) is 11.6 Å². The third-order valence-corrected chi connectivity index (χ3v) is 4.76. The summed E-state index contributed by atoms with van der Waals surface area (Å²) in [5.41, 5.74) is 0. The van der Waals surface area contributed by atoms with E-state index in [1.807, 2.05) is 19.1 Å². The van der Waals surface area contributed by atoms with Gasteiger partial charge in [0.1, 0.15) is 0 Å². The van der Waals surface area contributed by atoms with Gasteiger partial charge >= 0.3 is 0 Å². The molecule has 1 amide bonds. The van der Waals surface area contributed by atoms with Crippen LogP contribution in [0.25, 0.3) is 0 Å². The standard InChI is InChI=1S/C13H20ClN3OS/c1-10(11-2-3-12(14)19-11)13(18)16-6-9-17-7-4-15-5-8-17/h2-3,10,15H,4-9H2,1H3,(H,16,18). The second kappa shape index (κ2) is 7.24. The number of thiophene rings is 1. The fourth-order valence-electron chi connectivity index (χ4n) is 2.12. The van der Waals surface area contributed by atoms with Gasteiger partial charge in [0.25, 0.3) is 0 Å². The summed E-state index contributed by atoms with van der Waals surface area (Å²) in [4.78, 5) is 15.4. The topological polar surface area (TPSA) is 44.4 Å². The Bertz CT molecular complexity index is 418. The first-order chi connectivity index (χ1) is 9.16. The molecule has 1 aliphatic rings. The summed E-state index contributed by atoms with van der Waals surface area (Å²) in [5, 5.41) is 6.32. The molecule has 4 nitrogen and oxygen atoms in total. The fraction of sp³-hybridized carbons (Fsp3) is 0.615. The molecule has 0 bridgehead atoms. The van der Waals surface area contributed by atoms with Gasteiger partial charge in [-0.1, -0.05) is 11.6 Å². The molecule has 1 aliphatic heterocycles. The lowest BCUT2D eigenvalue weighted by molar-refractivity contribution is -0.122. The molecule has 1 atom stereocenters. The van der Waals surface area contributed by atoms with Crippen molar-refractivity contribution in [3.63, 3.8) is 0 Å². The first-order valence-corrected chi connectivity index (χ1v) is 7.82. The molecule has 0 aliphatic carbocycles. The van der Waals surface area contributed by atoms with Gasteiger partial charge < -0.3 is 10.6 Å². The van der Waals surface area contributed by atoms with Gasteiger partial charge in [0.2, 0.25) is 5.91 Å². The van der Waals surface area contributed by atoms with E-state index >= 15 is 0 Å². The number of amides is 1. The molecule has 1 unspecified atom stereocenters. The third-order valence-electron chi connectivity index (χ3n) is 3.35. The molecule has 0 saturated carbocycles. The highest BCUT2D eigenvalue weighted by atomic mass is 35.5. The molecule has 1 aromatic rings. The van der Waals surface area contributed by atoms with Crippen LogP contribution < -0.4 is 10.6 Å². The number of rotatable bonds is 5. The number of carbonyl (C=O) groups excluding carboxylic acids is 1. The Morgan fingerprint density at radius 1 is 1.53 bits per heavy atom. The molecule has 1 fully saturated rings. The summed E-state index contributed by atoms with van der Waals surface area (Å²) in [5.74, 6) is -0.0471. The summed E-state index contributed by atoms with van der Waals surface area (Å²) in [7, 11) is 0. The van der Waals surface area contributed by atoms with Crippen LogP contribution in [0.15, 0.2) is 12.1 Å². The van der Waals surface area contributed by atoms with Crippen molar-refractivity contribution in [3.05, 3.63) is 21.3 Å². The van der Waals surface area contributed by atoms with Gasteiger partial charge in [-0.3, -0.25) is 9.69 Å². The van der Waals surface area contributed by atoms with E-state index < -0.39 is 0 Å². The van der Waals surface area contributed by atoms with E-state index in [2.05, 4.69) is 15.5 Å². The summed E-state index contributed by atoms with van der Waals surface area (Å²) in [6.07, 6.45) is 0. The third kappa shape index (κ3) is 4.45. The number of hydrogen-bond acceptors (Lipinski definition) is 4. The fourth-order valence-corrected chi connectivity index (χ4v) is 3.23. The number of hydrogen-bond donors (Lipinski definition) is 2. The minimum atomic E-state index is -0.125. The zero-order valence-electron chi connectivity index (χ0n) is 11.1. The molecular weight excluding hydrogens is 282 g/mol. The van der Waals surface area contributed by atoms with Crippen molar-refractivity contribution >= 4 is 28.8 Å². The maximum atomic E-state index is 12.0. The lowest BCUT2D eigenvalue weighted by Crippen LogP contribution is -2.46. The van der Waals surface area contributed by atoms with Crippen LogP contribution in [0.5, 0.6) is 0 Å². The number of piperazine rings is 1. The van der Waals surface area contributed by atoms with Gasteiger partial charge in [-0.15, -0.1) is 11.3 Å². The lowest BCUT2D eigenvalue weighted by Gasteiger charge is -2.27. The first kappa shape index (κ1) is 14.8. The Hall–Kier alpha value is -0.620. The molecule has 0 spiro atoms. The molecule has 106 valence electrons. The highest BCUT2D eigenvalue weighted by molar-refractivity contribution is 7.16. The van der Waals surface area contributed by atoms with E-state index in [1.54, 1.807) is 0 Å². The van der Waals surface area contributed by atoms with E-state index in [9.17, 15) is 4.79 Å². The summed E-state index contributed by atoms with van der Waals surface area (Å²) in [6.45, 7) is 7.75. The predicted octanol–water partition coefficient (Wildman–Crippen LogP) is 1.53. The zero-order valence-corrected chi connectivity index (χ0v) is 12.7. The maximum absolute atomic E-state index is 12.0. The van der Waals surface area contributed by atoms with Gasteiger partial charge in [0.05, 0.1) is 10.3 Å². The van der Waals surface area contributed by atoms with Crippen LogP contribution in [0.4, 0.5) is 0 Å². The minimum Gasteiger partial charge on any atom is -0.354 e. The Morgan fingerprint density at radius 3 is 2.89 bits per heavy atom. The predicted molar refractivity (Wildman–Crippen MR) is 80.1 cm³/mol. The monoisotopic (exact) mass is 301 g/mol. The molecule has 6 heteroatoms. The van der Waals surface area contributed by atoms with Crippen LogP contribution in [0.2, 0.25) is 4.34 Å². The zero-order chi connectivity index (χ0) is 13.7. The second-order valence-corrected chi connectivity index (χ2v) is 6.49.